The number of hydrogen-bond acceptors (Lipinski definition) is 5. The van der Waals surface area contributed by atoms with E-state index in [4.69, 9.17) is 9.47 Å². The Labute approximate surface area is 150 Å². The van der Waals surface area contributed by atoms with Gasteiger partial charge in [0.1, 0.15) is 17.2 Å². The lowest BCUT2D eigenvalue weighted by Gasteiger charge is -2.22. The summed E-state index contributed by atoms with van der Waals surface area (Å²) in [7, 11) is 1.77. The molecule has 2 aromatic heterocycles. The highest BCUT2D eigenvalue weighted by Gasteiger charge is 2.20. The van der Waals surface area contributed by atoms with Crippen molar-refractivity contribution in [1.82, 2.24) is 20.1 Å². The lowest BCUT2D eigenvalue weighted by atomic mass is 10.1. The Bertz CT molecular complexity index is 953. The van der Waals surface area contributed by atoms with Gasteiger partial charge in [-0.15, -0.1) is 0 Å². The smallest absolute Gasteiger partial charge is 0.263 e. The first-order valence-electron chi connectivity index (χ1n) is 8.60. The molecule has 0 spiro atoms. The van der Waals surface area contributed by atoms with Crippen LogP contribution in [0.15, 0.2) is 36.7 Å². The van der Waals surface area contributed by atoms with Crippen LogP contribution in [-0.4, -0.2) is 52.3 Å². The second-order valence-corrected chi connectivity index (χ2v) is 6.41. The van der Waals surface area contributed by atoms with Crippen molar-refractivity contribution < 1.29 is 14.3 Å². The summed E-state index contributed by atoms with van der Waals surface area (Å²) in [6.45, 7) is 2.88. The van der Waals surface area contributed by atoms with E-state index in [0.29, 0.717) is 18.9 Å². The van der Waals surface area contributed by atoms with Crippen LogP contribution in [0.5, 0.6) is 11.5 Å². The number of amides is 1. The van der Waals surface area contributed by atoms with Gasteiger partial charge < -0.3 is 14.4 Å². The Hall–Kier alpha value is -3.09. The first kappa shape index (κ1) is 16.4. The fourth-order valence-electron chi connectivity index (χ4n) is 3.08. The molecule has 134 valence electrons. The molecule has 4 bridgehead atoms. The number of likely N-dealkylation sites (N-methyl/N-ethyl adjacent to an activating group) is 1. The number of H-pyrrole nitrogens is 1. The SMILES string of the molecule is CC1Oc2cncc(c2)-c2n[nH]c3ccc(cc23)OCCCN(C)C1=O. The molecule has 1 atom stereocenters. The van der Waals surface area contributed by atoms with E-state index in [2.05, 4.69) is 15.2 Å². The van der Waals surface area contributed by atoms with Gasteiger partial charge in [0.2, 0.25) is 0 Å². The maximum atomic E-state index is 12.5. The zero-order valence-electron chi connectivity index (χ0n) is 14.7. The van der Waals surface area contributed by atoms with Crippen LogP contribution in [0, 0.1) is 0 Å². The van der Waals surface area contributed by atoms with Crippen LogP contribution in [0.2, 0.25) is 0 Å². The molecular weight excluding hydrogens is 332 g/mol. The standard InChI is InChI=1S/C19H20N4O3/c1-12-19(24)23(2)6-3-7-25-14-4-5-17-16(9-14)18(22-21-17)13-8-15(26-12)11-20-10-13/h4-5,8-12H,3,6-7H2,1-2H3,(H,21,22). The molecule has 7 heteroatoms. The van der Waals surface area contributed by atoms with Crippen molar-refractivity contribution in [1.29, 1.82) is 0 Å². The lowest BCUT2D eigenvalue weighted by Crippen LogP contribution is -2.38. The van der Waals surface area contributed by atoms with Gasteiger partial charge in [-0.05, 0) is 37.6 Å². The summed E-state index contributed by atoms with van der Waals surface area (Å²) < 4.78 is 11.7. The first-order chi connectivity index (χ1) is 12.6. The maximum absolute atomic E-state index is 12.5. The van der Waals surface area contributed by atoms with Gasteiger partial charge >= 0.3 is 0 Å². The minimum Gasteiger partial charge on any atom is -0.494 e. The number of rotatable bonds is 0. The van der Waals surface area contributed by atoms with E-state index in [0.717, 1.165) is 34.3 Å². The van der Waals surface area contributed by atoms with Gasteiger partial charge in [0.25, 0.3) is 5.91 Å². The molecule has 0 aliphatic carbocycles. The van der Waals surface area contributed by atoms with Crippen molar-refractivity contribution in [3.8, 4) is 22.8 Å². The maximum Gasteiger partial charge on any atom is 0.263 e. The number of carbonyl (C=O) groups is 1. The van der Waals surface area contributed by atoms with Gasteiger partial charge in [-0.1, -0.05) is 0 Å². The normalized spacial score (nSPS) is 18.2. The van der Waals surface area contributed by atoms with Gasteiger partial charge in [-0.2, -0.15) is 5.10 Å². The van der Waals surface area contributed by atoms with Crippen LogP contribution in [-0.2, 0) is 4.79 Å². The van der Waals surface area contributed by atoms with Crippen LogP contribution in [0.1, 0.15) is 13.3 Å². The molecule has 0 fully saturated rings. The van der Waals surface area contributed by atoms with E-state index in [1.54, 1.807) is 31.3 Å². The van der Waals surface area contributed by atoms with Crippen LogP contribution in [0.4, 0.5) is 0 Å². The largest absolute Gasteiger partial charge is 0.494 e. The second-order valence-electron chi connectivity index (χ2n) is 6.41. The zero-order valence-corrected chi connectivity index (χ0v) is 14.7. The molecule has 0 radical (unpaired) electrons. The fourth-order valence-corrected chi connectivity index (χ4v) is 3.08. The third kappa shape index (κ3) is 3.08. The van der Waals surface area contributed by atoms with E-state index in [-0.39, 0.29) is 5.91 Å². The van der Waals surface area contributed by atoms with Gasteiger partial charge in [0.05, 0.1) is 18.3 Å². The monoisotopic (exact) mass is 352 g/mol. The summed E-state index contributed by atoms with van der Waals surface area (Å²) in [5.74, 6) is 1.24. The third-order valence-electron chi connectivity index (χ3n) is 4.46. The third-order valence-corrected chi connectivity index (χ3v) is 4.46. The number of benzene rings is 1. The number of carbonyl (C=O) groups excluding carboxylic acids is 1. The number of pyridine rings is 1. The van der Waals surface area contributed by atoms with E-state index in [1.807, 2.05) is 24.3 Å². The van der Waals surface area contributed by atoms with Gasteiger partial charge in [0, 0.05) is 30.7 Å². The molecule has 1 amide bonds. The Morgan fingerprint density at radius 3 is 3.00 bits per heavy atom. The van der Waals surface area contributed by atoms with Gasteiger partial charge in [-0.25, -0.2) is 0 Å². The summed E-state index contributed by atoms with van der Waals surface area (Å²) >= 11 is 0. The van der Waals surface area contributed by atoms with Crippen molar-refractivity contribution in [2.75, 3.05) is 20.2 Å². The minimum atomic E-state index is -0.594. The van der Waals surface area contributed by atoms with Gasteiger partial charge in [-0.3, -0.25) is 14.9 Å². The molecule has 4 rings (SSSR count). The van der Waals surface area contributed by atoms with E-state index < -0.39 is 6.10 Å². The second kappa shape index (κ2) is 6.67. The van der Waals surface area contributed by atoms with Crippen molar-refractivity contribution in [2.45, 2.75) is 19.4 Å². The Balaban J connectivity index is 1.79. The summed E-state index contributed by atoms with van der Waals surface area (Å²) in [6.07, 6.45) is 3.48. The molecule has 7 nitrogen and oxygen atoms in total. The summed E-state index contributed by atoms with van der Waals surface area (Å²) in [6, 6.07) is 7.68. The average Bonchev–Trinajstić information content (AvgIpc) is 3.07. The number of ether oxygens (including phenoxy) is 2. The van der Waals surface area contributed by atoms with Crippen LogP contribution in [0.3, 0.4) is 0 Å². The number of aromatic nitrogens is 3. The molecule has 1 N–H and O–H groups in total. The van der Waals surface area contributed by atoms with Crippen molar-refractivity contribution >= 4 is 16.8 Å². The van der Waals surface area contributed by atoms with E-state index in [1.165, 1.54) is 0 Å². The average molecular weight is 352 g/mol. The topological polar surface area (TPSA) is 80.3 Å². The van der Waals surface area contributed by atoms with Crippen molar-refractivity contribution in [2.24, 2.45) is 0 Å². The Kier molecular flexibility index (Phi) is 4.20. The highest BCUT2D eigenvalue weighted by atomic mass is 16.5. The zero-order chi connectivity index (χ0) is 18.1. The van der Waals surface area contributed by atoms with Crippen LogP contribution in [0.25, 0.3) is 22.2 Å². The molecule has 0 saturated carbocycles. The van der Waals surface area contributed by atoms with Crippen LogP contribution < -0.4 is 9.47 Å². The number of hydrogen-bond donors (Lipinski definition) is 1. The Morgan fingerprint density at radius 1 is 1.23 bits per heavy atom. The summed E-state index contributed by atoms with van der Waals surface area (Å²) in [5, 5.41) is 8.40. The number of nitrogens with zero attached hydrogens (tertiary/aromatic N) is 3. The summed E-state index contributed by atoms with van der Waals surface area (Å²) in [5.41, 5.74) is 2.51. The predicted molar refractivity (Wildman–Crippen MR) is 97.2 cm³/mol. The fraction of sp³-hybridized carbons (Fsp3) is 0.316. The Morgan fingerprint density at radius 2 is 2.12 bits per heavy atom. The van der Waals surface area contributed by atoms with E-state index in [9.17, 15) is 4.79 Å². The van der Waals surface area contributed by atoms with Crippen molar-refractivity contribution in [3.05, 3.63) is 36.7 Å². The predicted octanol–water partition coefficient (Wildman–Crippen LogP) is 2.63. The minimum absolute atomic E-state index is 0.0759. The van der Waals surface area contributed by atoms with Crippen molar-refractivity contribution in [3.63, 3.8) is 0 Å². The first-order valence-corrected chi connectivity index (χ1v) is 8.60. The molecule has 3 heterocycles. The molecule has 1 aromatic carbocycles. The number of aromatic amines is 1. The van der Waals surface area contributed by atoms with Gasteiger partial charge in [0.15, 0.2) is 6.10 Å². The molecular formula is C19H20N4O3. The molecule has 26 heavy (non-hydrogen) atoms. The highest BCUT2D eigenvalue weighted by Crippen LogP contribution is 2.30. The molecule has 3 aromatic rings. The number of fused-ring (bicyclic) bond motifs is 4. The van der Waals surface area contributed by atoms with E-state index >= 15 is 0 Å². The highest BCUT2D eigenvalue weighted by molar-refractivity contribution is 5.93. The molecule has 0 saturated heterocycles. The summed E-state index contributed by atoms with van der Waals surface area (Å²) in [4.78, 5) is 18.4. The van der Waals surface area contributed by atoms with Crippen LogP contribution >= 0.6 is 0 Å². The lowest BCUT2D eigenvalue weighted by molar-refractivity contribution is -0.136. The molecule has 1 unspecified atom stereocenters. The quantitative estimate of drug-likeness (QED) is 0.673. The molecule has 1 aliphatic heterocycles. The molecule has 1 aliphatic rings. The number of nitrogens with one attached hydrogen (secondary N) is 1.